The van der Waals surface area contributed by atoms with Crippen LogP contribution in [-0.2, 0) is 14.3 Å². The lowest BCUT2D eigenvalue weighted by molar-refractivity contribution is -0.484. The molecule has 1 aliphatic heterocycles. The molecular formula is C21H20N2O7. The third-order valence-electron chi connectivity index (χ3n) is 5.23. The van der Waals surface area contributed by atoms with Gasteiger partial charge in [-0.3, -0.25) is 24.6 Å². The third kappa shape index (κ3) is 3.08. The number of ether oxygens (including phenoxy) is 2. The molecule has 2 aromatic carbocycles. The van der Waals surface area contributed by atoms with E-state index in [2.05, 4.69) is 0 Å². The second kappa shape index (κ2) is 7.94. The minimum absolute atomic E-state index is 0.120. The lowest BCUT2D eigenvalue weighted by Crippen LogP contribution is -2.63. The van der Waals surface area contributed by atoms with E-state index in [1.807, 2.05) is 0 Å². The molecule has 0 saturated heterocycles. The van der Waals surface area contributed by atoms with Crippen LogP contribution in [0.25, 0.3) is 0 Å². The molecule has 2 atom stereocenters. The lowest BCUT2D eigenvalue weighted by Gasteiger charge is -2.38. The summed E-state index contributed by atoms with van der Waals surface area (Å²) >= 11 is 0. The first-order valence-corrected chi connectivity index (χ1v) is 9.07. The number of fused-ring (bicyclic) bond motifs is 1. The molecule has 0 bridgehead atoms. The molecule has 0 N–H and O–H groups in total. The minimum Gasteiger partial charge on any atom is -0.497 e. The average Bonchev–Trinajstić information content (AvgIpc) is 3.01. The number of anilines is 1. The number of nitro groups is 1. The van der Waals surface area contributed by atoms with Crippen LogP contribution in [0.4, 0.5) is 5.69 Å². The van der Waals surface area contributed by atoms with Gasteiger partial charge in [0.15, 0.2) is 0 Å². The van der Waals surface area contributed by atoms with Gasteiger partial charge in [0, 0.05) is 17.4 Å². The van der Waals surface area contributed by atoms with Crippen LogP contribution >= 0.6 is 0 Å². The van der Waals surface area contributed by atoms with Crippen molar-refractivity contribution in [1.29, 1.82) is 0 Å². The fourth-order valence-electron chi connectivity index (χ4n) is 4.06. The first-order valence-electron chi connectivity index (χ1n) is 9.07. The number of rotatable bonds is 6. The Morgan fingerprint density at radius 3 is 2.47 bits per heavy atom. The highest BCUT2D eigenvalue weighted by Crippen LogP contribution is 2.47. The number of hydrogen-bond acceptors (Lipinski definition) is 7. The first kappa shape index (κ1) is 21.0. The summed E-state index contributed by atoms with van der Waals surface area (Å²) in [7, 11) is 2.50. The van der Waals surface area contributed by atoms with Crippen molar-refractivity contribution < 1.29 is 28.8 Å². The molecule has 0 spiro atoms. The molecule has 1 heterocycles. The van der Waals surface area contributed by atoms with E-state index in [1.165, 1.54) is 32.2 Å². The number of hydrogen-bond donors (Lipinski definition) is 0. The van der Waals surface area contributed by atoms with Crippen molar-refractivity contribution in [3.8, 4) is 5.75 Å². The predicted octanol–water partition coefficient (Wildman–Crippen LogP) is 2.22. The van der Waals surface area contributed by atoms with Crippen molar-refractivity contribution in [2.75, 3.05) is 25.7 Å². The van der Waals surface area contributed by atoms with Gasteiger partial charge in [-0.1, -0.05) is 24.3 Å². The van der Waals surface area contributed by atoms with E-state index < -0.39 is 40.6 Å². The quantitative estimate of drug-likeness (QED) is 0.309. The third-order valence-corrected chi connectivity index (χ3v) is 5.23. The molecular weight excluding hydrogens is 392 g/mol. The van der Waals surface area contributed by atoms with E-state index in [0.717, 1.165) is 12.0 Å². The number of carbonyl (C=O) groups excluding carboxylic acids is 3. The Morgan fingerprint density at radius 2 is 1.87 bits per heavy atom. The number of ketones is 1. The molecule has 0 aliphatic carbocycles. The van der Waals surface area contributed by atoms with Crippen LogP contribution in [0.5, 0.6) is 5.75 Å². The van der Waals surface area contributed by atoms with E-state index in [1.54, 1.807) is 30.3 Å². The second-order valence-electron chi connectivity index (χ2n) is 6.80. The van der Waals surface area contributed by atoms with Crippen LogP contribution in [0.1, 0.15) is 28.8 Å². The molecule has 2 aromatic rings. The first-order chi connectivity index (χ1) is 14.3. The summed E-state index contributed by atoms with van der Waals surface area (Å²) in [6, 6.07) is 12.5. The predicted molar refractivity (Wildman–Crippen MR) is 106 cm³/mol. The van der Waals surface area contributed by atoms with Crippen LogP contribution in [0.2, 0.25) is 0 Å². The Bertz CT molecular complexity index is 1040. The van der Waals surface area contributed by atoms with Crippen LogP contribution in [0.15, 0.2) is 48.5 Å². The van der Waals surface area contributed by atoms with Crippen LogP contribution in [-0.4, -0.2) is 48.9 Å². The van der Waals surface area contributed by atoms with Gasteiger partial charge < -0.3 is 9.47 Å². The largest absolute Gasteiger partial charge is 0.497 e. The zero-order chi connectivity index (χ0) is 22.1. The SMILES string of the molecule is COC(=O)[C@]1([C@H](C[N+](=O)[O-])c2cccc(OC)c2)C(=O)c2ccccc2N1C(C)=O. The van der Waals surface area contributed by atoms with Gasteiger partial charge in [-0.2, -0.15) is 0 Å². The Morgan fingerprint density at radius 1 is 1.17 bits per heavy atom. The summed E-state index contributed by atoms with van der Waals surface area (Å²) in [5, 5.41) is 11.6. The lowest BCUT2D eigenvalue weighted by atomic mass is 9.75. The Kier molecular flexibility index (Phi) is 5.55. The average molecular weight is 412 g/mol. The van der Waals surface area contributed by atoms with Crippen molar-refractivity contribution in [3.05, 3.63) is 69.8 Å². The van der Waals surface area contributed by atoms with Crippen LogP contribution in [0.3, 0.4) is 0 Å². The Hall–Kier alpha value is -3.75. The molecule has 0 aromatic heterocycles. The number of para-hydroxylation sites is 1. The highest BCUT2D eigenvalue weighted by molar-refractivity contribution is 6.30. The topological polar surface area (TPSA) is 116 Å². The molecule has 1 amide bonds. The summed E-state index contributed by atoms with van der Waals surface area (Å²) in [4.78, 5) is 51.5. The zero-order valence-electron chi connectivity index (χ0n) is 16.7. The highest BCUT2D eigenvalue weighted by atomic mass is 16.6. The number of amides is 1. The van der Waals surface area contributed by atoms with Gasteiger partial charge in [0.1, 0.15) is 5.75 Å². The van der Waals surface area contributed by atoms with Crippen LogP contribution in [0, 0.1) is 10.1 Å². The van der Waals surface area contributed by atoms with Gasteiger partial charge in [0.05, 0.1) is 25.8 Å². The van der Waals surface area contributed by atoms with Gasteiger partial charge >= 0.3 is 5.97 Å². The van der Waals surface area contributed by atoms with E-state index >= 15 is 0 Å². The number of Topliss-reactive ketones (excluding diaryl/α,β-unsaturated/α-hetero) is 1. The van der Waals surface area contributed by atoms with Gasteiger partial charge in [-0.25, -0.2) is 4.79 Å². The van der Waals surface area contributed by atoms with E-state index in [-0.39, 0.29) is 11.3 Å². The molecule has 3 rings (SSSR count). The maximum absolute atomic E-state index is 13.6. The molecule has 0 saturated carbocycles. The van der Waals surface area contributed by atoms with Crippen molar-refractivity contribution in [3.63, 3.8) is 0 Å². The van der Waals surface area contributed by atoms with Crippen molar-refractivity contribution in [2.24, 2.45) is 0 Å². The Labute approximate surface area is 172 Å². The van der Waals surface area contributed by atoms with E-state index in [9.17, 15) is 24.5 Å². The van der Waals surface area contributed by atoms with Crippen molar-refractivity contribution in [2.45, 2.75) is 18.4 Å². The maximum atomic E-state index is 13.6. The number of benzene rings is 2. The summed E-state index contributed by atoms with van der Waals surface area (Å²) in [6.45, 7) is 0.410. The Balaban J connectivity index is 2.37. The molecule has 0 fully saturated rings. The molecule has 156 valence electrons. The molecule has 0 unspecified atom stereocenters. The van der Waals surface area contributed by atoms with E-state index in [0.29, 0.717) is 11.3 Å². The zero-order valence-corrected chi connectivity index (χ0v) is 16.7. The summed E-state index contributed by atoms with van der Waals surface area (Å²) < 4.78 is 10.2. The standard InChI is InChI=1S/C21H20N2O7/c1-13(24)23-18-10-5-4-9-16(18)19(25)21(23,20(26)30-3)17(12-22(27)28)14-7-6-8-15(11-14)29-2/h4-11,17H,12H2,1-3H3/t17-,21+/m1/s1. The van der Waals surface area contributed by atoms with Gasteiger partial charge in [0.25, 0.3) is 0 Å². The molecule has 9 nitrogen and oxygen atoms in total. The number of methoxy groups -OCH3 is 2. The number of nitrogens with zero attached hydrogens (tertiary/aromatic N) is 2. The van der Waals surface area contributed by atoms with Gasteiger partial charge in [-0.15, -0.1) is 0 Å². The van der Waals surface area contributed by atoms with Gasteiger partial charge in [-0.05, 0) is 29.8 Å². The van der Waals surface area contributed by atoms with Crippen molar-refractivity contribution in [1.82, 2.24) is 0 Å². The van der Waals surface area contributed by atoms with Crippen LogP contribution < -0.4 is 9.64 Å². The smallest absolute Gasteiger partial charge is 0.341 e. The monoisotopic (exact) mass is 412 g/mol. The van der Waals surface area contributed by atoms with E-state index in [4.69, 9.17) is 9.47 Å². The summed E-state index contributed by atoms with van der Waals surface area (Å²) in [5.74, 6) is -3.32. The minimum atomic E-state index is -2.26. The molecule has 30 heavy (non-hydrogen) atoms. The summed E-state index contributed by atoms with van der Waals surface area (Å²) in [5.41, 5.74) is -1.64. The van der Waals surface area contributed by atoms with Crippen molar-refractivity contribution >= 4 is 23.3 Å². The highest BCUT2D eigenvalue weighted by Gasteiger charge is 2.65. The fourth-order valence-corrected chi connectivity index (χ4v) is 4.06. The summed E-state index contributed by atoms with van der Waals surface area (Å²) in [6.07, 6.45) is 0. The number of esters is 1. The van der Waals surface area contributed by atoms with Gasteiger partial charge in [0.2, 0.25) is 23.8 Å². The fraction of sp³-hybridized carbons (Fsp3) is 0.286. The molecule has 9 heteroatoms. The normalized spacial score (nSPS) is 18.5. The number of carbonyl (C=O) groups is 3. The molecule has 0 radical (unpaired) electrons. The second-order valence-corrected chi connectivity index (χ2v) is 6.80. The maximum Gasteiger partial charge on any atom is 0.341 e. The molecule has 1 aliphatic rings.